The van der Waals surface area contributed by atoms with Crippen LogP contribution in [0, 0.1) is 5.92 Å². The molecule has 8 heteroatoms. The molecule has 4 heterocycles. The molecule has 1 fully saturated rings. The molecule has 0 bridgehead atoms. The molecule has 0 spiro atoms. The van der Waals surface area contributed by atoms with Crippen molar-refractivity contribution >= 4 is 11.6 Å². The number of ether oxygens (including phenoxy) is 1. The second-order valence-electron chi connectivity index (χ2n) is 7.10. The Kier molecular flexibility index (Phi) is 4.52. The molecule has 8 nitrogen and oxygen atoms in total. The Hall–Kier alpha value is -2.22. The molecule has 1 saturated heterocycles. The van der Waals surface area contributed by atoms with E-state index in [-0.39, 0.29) is 6.10 Å². The van der Waals surface area contributed by atoms with Gasteiger partial charge in [0.15, 0.2) is 5.82 Å². The topological polar surface area (TPSA) is 81.0 Å². The Morgan fingerprint density at radius 2 is 2.20 bits per heavy atom. The molecule has 0 amide bonds. The maximum atomic E-state index is 5.97. The summed E-state index contributed by atoms with van der Waals surface area (Å²) in [5.41, 5.74) is 0. The zero-order chi connectivity index (χ0) is 17.2. The van der Waals surface area contributed by atoms with E-state index in [0.717, 1.165) is 56.5 Å². The lowest BCUT2D eigenvalue weighted by atomic mass is 9.94. The summed E-state index contributed by atoms with van der Waals surface area (Å²) in [6.07, 6.45) is 5.83. The van der Waals surface area contributed by atoms with E-state index in [4.69, 9.17) is 4.74 Å². The van der Waals surface area contributed by atoms with Gasteiger partial charge >= 0.3 is 0 Å². The van der Waals surface area contributed by atoms with Crippen molar-refractivity contribution in [2.45, 2.75) is 51.9 Å². The normalized spacial score (nSPS) is 23.6. The quantitative estimate of drug-likeness (QED) is 0.905. The molecular formula is C17H25N7O. The number of hydrogen-bond donors (Lipinski definition) is 1. The van der Waals surface area contributed by atoms with E-state index in [2.05, 4.69) is 48.8 Å². The van der Waals surface area contributed by atoms with Gasteiger partial charge in [-0.15, -0.1) is 10.2 Å². The fourth-order valence-electron chi connectivity index (χ4n) is 3.67. The fourth-order valence-corrected chi connectivity index (χ4v) is 3.67. The maximum Gasteiger partial charge on any atom is 0.152 e. The molecule has 2 aliphatic heterocycles. The summed E-state index contributed by atoms with van der Waals surface area (Å²) in [6, 6.07) is 2.32. The molecule has 4 rings (SSSR count). The van der Waals surface area contributed by atoms with Crippen LogP contribution in [0.15, 0.2) is 18.7 Å². The number of fused-ring (bicyclic) bond motifs is 1. The molecule has 2 atom stereocenters. The van der Waals surface area contributed by atoms with Crippen LogP contribution in [0.3, 0.4) is 0 Å². The highest BCUT2D eigenvalue weighted by molar-refractivity contribution is 5.49. The van der Waals surface area contributed by atoms with Crippen LogP contribution in [0.2, 0.25) is 0 Å². The van der Waals surface area contributed by atoms with Gasteiger partial charge < -0.3 is 19.5 Å². The lowest BCUT2D eigenvalue weighted by Crippen LogP contribution is -2.43. The lowest BCUT2D eigenvalue weighted by molar-refractivity contribution is -0.0203. The molecule has 2 aromatic heterocycles. The zero-order valence-corrected chi connectivity index (χ0v) is 14.8. The van der Waals surface area contributed by atoms with Crippen LogP contribution < -0.4 is 10.2 Å². The number of nitrogens with one attached hydrogen (secondary N) is 1. The molecule has 134 valence electrons. The van der Waals surface area contributed by atoms with Gasteiger partial charge in [-0.2, -0.15) is 0 Å². The van der Waals surface area contributed by atoms with Crippen molar-refractivity contribution in [3.63, 3.8) is 0 Å². The van der Waals surface area contributed by atoms with E-state index >= 15 is 0 Å². The molecule has 1 N–H and O–H groups in total. The minimum atomic E-state index is 0.223. The number of hydrogen-bond acceptors (Lipinski definition) is 7. The van der Waals surface area contributed by atoms with Gasteiger partial charge in [0, 0.05) is 25.8 Å². The summed E-state index contributed by atoms with van der Waals surface area (Å²) >= 11 is 0. The van der Waals surface area contributed by atoms with Crippen molar-refractivity contribution in [1.29, 1.82) is 0 Å². The number of nitrogens with zero attached hydrogens (tertiary/aromatic N) is 6. The van der Waals surface area contributed by atoms with E-state index in [1.165, 1.54) is 0 Å². The molecule has 0 unspecified atom stereocenters. The van der Waals surface area contributed by atoms with Crippen molar-refractivity contribution in [2.75, 3.05) is 23.4 Å². The van der Waals surface area contributed by atoms with Gasteiger partial charge in [0.1, 0.15) is 24.3 Å². The Bertz CT molecular complexity index is 717. The first-order valence-corrected chi connectivity index (χ1v) is 9.02. The van der Waals surface area contributed by atoms with E-state index < -0.39 is 0 Å². The van der Waals surface area contributed by atoms with Gasteiger partial charge in [0.05, 0.1) is 18.7 Å². The van der Waals surface area contributed by atoms with E-state index in [9.17, 15) is 0 Å². The third-order valence-electron chi connectivity index (χ3n) is 4.97. The van der Waals surface area contributed by atoms with Crippen LogP contribution in [-0.2, 0) is 17.8 Å². The predicted molar refractivity (Wildman–Crippen MR) is 94.3 cm³/mol. The highest BCUT2D eigenvalue weighted by atomic mass is 16.5. The smallest absolute Gasteiger partial charge is 0.152 e. The first kappa shape index (κ1) is 16.3. The van der Waals surface area contributed by atoms with E-state index in [1.807, 2.05) is 6.07 Å². The molecule has 0 aromatic carbocycles. The van der Waals surface area contributed by atoms with Gasteiger partial charge in [0.2, 0.25) is 0 Å². The van der Waals surface area contributed by atoms with Gasteiger partial charge in [0.25, 0.3) is 0 Å². The van der Waals surface area contributed by atoms with Crippen molar-refractivity contribution in [3.8, 4) is 0 Å². The Morgan fingerprint density at radius 1 is 1.28 bits per heavy atom. The minimum absolute atomic E-state index is 0.223. The maximum absolute atomic E-state index is 5.97. The van der Waals surface area contributed by atoms with Crippen LogP contribution in [0.1, 0.15) is 32.5 Å². The van der Waals surface area contributed by atoms with Crippen LogP contribution in [0.5, 0.6) is 0 Å². The van der Waals surface area contributed by atoms with Crippen molar-refractivity contribution in [1.82, 2.24) is 24.7 Å². The van der Waals surface area contributed by atoms with Crippen molar-refractivity contribution in [3.05, 3.63) is 24.5 Å². The Balaban J connectivity index is 1.48. The summed E-state index contributed by atoms with van der Waals surface area (Å²) in [7, 11) is 0. The van der Waals surface area contributed by atoms with Crippen LogP contribution in [0.4, 0.5) is 11.6 Å². The molecular weight excluding hydrogens is 318 g/mol. The summed E-state index contributed by atoms with van der Waals surface area (Å²) in [4.78, 5) is 11.1. The third kappa shape index (κ3) is 3.44. The average Bonchev–Trinajstić information content (AvgIpc) is 3.10. The molecule has 0 aliphatic carbocycles. The minimum Gasteiger partial charge on any atom is -0.376 e. The summed E-state index contributed by atoms with van der Waals surface area (Å²) in [5, 5.41) is 11.7. The first-order chi connectivity index (χ1) is 12.2. The fraction of sp³-hybridized carbons (Fsp3) is 0.647. The van der Waals surface area contributed by atoms with Gasteiger partial charge in [-0.3, -0.25) is 0 Å². The number of aromatic nitrogens is 5. The van der Waals surface area contributed by atoms with E-state index in [1.54, 1.807) is 12.7 Å². The average molecular weight is 343 g/mol. The third-order valence-corrected chi connectivity index (χ3v) is 4.97. The summed E-state index contributed by atoms with van der Waals surface area (Å²) in [6.45, 7) is 7.76. The first-order valence-electron chi connectivity index (χ1n) is 9.02. The van der Waals surface area contributed by atoms with Gasteiger partial charge in [-0.25, -0.2) is 9.97 Å². The van der Waals surface area contributed by atoms with Crippen LogP contribution in [0.25, 0.3) is 0 Å². The van der Waals surface area contributed by atoms with Crippen LogP contribution >= 0.6 is 0 Å². The Morgan fingerprint density at radius 3 is 3.08 bits per heavy atom. The highest BCUT2D eigenvalue weighted by Crippen LogP contribution is 2.25. The SMILES string of the molecule is CC(C)[C@@H]1OCCC[C@@H]1Nc1cc(N2CCn3cnnc3C2)ncn1. The number of rotatable bonds is 4. The lowest BCUT2D eigenvalue weighted by Gasteiger charge is -2.35. The van der Waals surface area contributed by atoms with Gasteiger partial charge in [-0.1, -0.05) is 13.8 Å². The van der Waals surface area contributed by atoms with Crippen LogP contribution in [-0.4, -0.2) is 50.0 Å². The van der Waals surface area contributed by atoms with Crippen molar-refractivity contribution < 1.29 is 4.74 Å². The second-order valence-corrected chi connectivity index (χ2v) is 7.10. The number of anilines is 2. The van der Waals surface area contributed by atoms with Gasteiger partial charge in [-0.05, 0) is 18.8 Å². The standard InChI is InChI=1S/C17H25N7O/c1-12(2)17-13(4-3-7-25-17)21-14-8-15(19-10-18-14)23-5-6-24-11-20-22-16(24)9-23/h8,10-13,17H,3-7,9H2,1-2H3,(H,18,19,21)/t13-,17-/m0/s1. The molecule has 2 aromatic rings. The largest absolute Gasteiger partial charge is 0.376 e. The Labute approximate surface area is 147 Å². The predicted octanol–water partition coefficient (Wildman–Crippen LogP) is 1.70. The molecule has 2 aliphatic rings. The monoisotopic (exact) mass is 343 g/mol. The molecule has 25 heavy (non-hydrogen) atoms. The van der Waals surface area contributed by atoms with Crippen molar-refractivity contribution in [2.24, 2.45) is 5.92 Å². The molecule has 0 saturated carbocycles. The summed E-state index contributed by atoms with van der Waals surface area (Å²) < 4.78 is 8.05. The zero-order valence-electron chi connectivity index (χ0n) is 14.8. The second kappa shape index (κ2) is 6.95. The van der Waals surface area contributed by atoms with E-state index in [0.29, 0.717) is 12.0 Å². The highest BCUT2D eigenvalue weighted by Gasteiger charge is 2.29. The molecule has 0 radical (unpaired) electrons. The summed E-state index contributed by atoms with van der Waals surface area (Å²) in [5.74, 6) is 3.23.